The van der Waals surface area contributed by atoms with Gasteiger partial charge in [-0.05, 0) is 51.4 Å². The first kappa shape index (κ1) is 14.8. The number of nitrogens with zero attached hydrogens (tertiary/aromatic N) is 1. The molecular weight excluding hydrogens is 246 g/mol. The molecule has 1 heterocycles. The molecule has 1 aliphatic heterocycles. The number of ether oxygens (including phenoxy) is 1. The third kappa shape index (κ3) is 3.57. The first-order valence-corrected chi connectivity index (χ1v) is 9.12. The smallest absolute Gasteiger partial charge is 0.0678 e. The molecule has 2 nitrogen and oxygen atoms in total. The zero-order valence-corrected chi connectivity index (χ0v) is 13.5. The van der Waals surface area contributed by atoms with E-state index in [1.54, 1.807) is 0 Å². The van der Waals surface area contributed by atoms with E-state index >= 15 is 0 Å². The van der Waals surface area contributed by atoms with Crippen molar-refractivity contribution in [2.75, 3.05) is 13.1 Å². The van der Waals surface area contributed by atoms with Crippen molar-refractivity contribution in [3.63, 3.8) is 0 Å². The Bertz CT molecular complexity index is 282. The molecule has 116 valence electrons. The summed E-state index contributed by atoms with van der Waals surface area (Å²) in [4.78, 5) is 2.73. The second-order valence-corrected chi connectivity index (χ2v) is 7.68. The maximum Gasteiger partial charge on any atom is 0.0678 e. The molecule has 0 radical (unpaired) electrons. The van der Waals surface area contributed by atoms with Crippen LogP contribution in [0.4, 0.5) is 0 Å². The summed E-state index contributed by atoms with van der Waals surface area (Å²) in [5.41, 5.74) is 0. The van der Waals surface area contributed by atoms with Gasteiger partial charge in [0, 0.05) is 19.1 Å². The average Bonchev–Trinajstić information content (AvgIpc) is 2.47. The van der Waals surface area contributed by atoms with Crippen LogP contribution in [0.1, 0.15) is 71.6 Å². The fourth-order valence-electron chi connectivity index (χ4n) is 5.06. The molecule has 0 aromatic heterocycles. The van der Waals surface area contributed by atoms with E-state index in [-0.39, 0.29) is 0 Å². The van der Waals surface area contributed by atoms with Gasteiger partial charge in [-0.25, -0.2) is 0 Å². The lowest BCUT2D eigenvalue weighted by molar-refractivity contribution is -0.0862. The van der Waals surface area contributed by atoms with Gasteiger partial charge >= 0.3 is 0 Å². The summed E-state index contributed by atoms with van der Waals surface area (Å²) in [6, 6.07) is 0.851. The fourth-order valence-corrected chi connectivity index (χ4v) is 5.06. The van der Waals surface area contributed by atoms with Crippen molar-refractivity contribution in [3.05, 3.63) is 0 Å². The quantitative estimate of drug-likeness (QED) is 0.750. The van der Waals surface area contributed by atoms with Gasteiger partial charge in [-0.1, -0.05) is 32.1 Å². The SMILES string of the molecule is C[C@@H]1CN(C2CCC(C3CCCCC3)CC2)C[C@H](C)O1. The molecule has 0 N–H and O–H groups in total. The Morgan fingerprint density at radius 3 is 1.85 bits per heavy atom. The van der Waals surface area contributed by atoms with Crippen LogP contribution in [0.3, 0.4) is 0 Å². The number of rotatable bonds is 2. The fraction of sp³-hybridized carbons (Fsp3) is 1.00. The second kappa shape index (κ2) is 6.79. The van der Waals surface area contributed by atoms with Crippen LogP contribution in [0, 0.1) is 11.8 Å². The van der Waals surface area contributed by atoms with Crippen LogP contribution in [0.15, 0.2) is 0 Å². The van der Waals surface area contributed by atoms with Crippen LogP contribution in [-0.2, 0) is 4.74 Å². The summed E-state index contributed by atoms with van der Waals surface area (Å²) >= 11 is 0. The van der Waals surface area contributed by atoms with Gasteiger partial charge in [0.2, 0.25) is 0 Å². The van der Waals surface area contributed by atoms with Crippen LogP contribution in [0.25, 0.3) is 0 Å². The zero-order chi connectivity index (χ0) is 13.9. The molecule has 3 aliphatic rings. The Hall–Kier alpha value is -0.0800. The van der Waals surface area contributed by atoms with Crippen molar-refractivity contribution in [1.29, 1.82) is 0 Å². The van der Waals surface area contributed by atoms with Crippen molar-refractivity contribution in [1.82, 2.24) is 4.90 Å². The Labute approximate surface area is 125 Å². The van der Waals surface area contributed by atoms with Crippen molar-refractivity contribution >= 4 is 0 Å². The topological polar surface area (TPSA) is 12.5 Å². The van der Waals surface area contributed by atoms with E-state index in [2.05, 4.69) is 18.7 Å². The van der Waals surface area contributed by atoms with E-state index in [9.17, 15) is 0 Å². The monoisotopic (exact) mass is 279 g/mol. The predicted octanol–water partition coefficient (Wildman–Crippen LogP) is 4.23. The van der Waals surface area contributed by atoms with Gasteiger partial charge in [-0.3, -0.25) is 4.90 Å². The van der Waals surface area contributed by atoms with Crippen LogP contribution in [-0.4, -0.2) is 36.2 Å². The lowest BCUT2D eigenvalue weighted by Gasteiger charge is -2.44. The van der Waals surface area contributed by atoms with Gasteiger partial charge in [-0.2, -0.15) is 0 Å². The molecule has 0 aromatic carbocycles. The number of morpholine rings is 1. The minimum atomic E-state index is 0.426. The van der Waals surface area contributed by atoms with Crippen LogP contribution in [0.2, 0.25) is 0 Å². The molecular formula is C18H33NO. The first-order chi connectivity index (χ1) is 9.72. The summed E-state index contributed by atoms with van der Waals surface area (Å²) in [5, 5.41) is 0. The Morgan fingerprint density at radius 2 is 1.25 bits per heavy atom. The maximum atomic E-state index is 5.88. The Morgan fingerprint density at radius 1 is 0.700 bits per heavy atom. The molecule has 2 saturated carbocycles. The lowest BCUT2D eigenvalue weighted by Crippen LogP contribution is -2.51. The van der Waals surface area contributed by atoms with E-state index < -0.39 is 0 Å². The van der Waals surface area contributed by atoms with Crippen molar-refractivity contribution < 1.29 is 4.74 Å². The summed E-state index contributed by atoms with van der Waals surface area (Å²) in [6.45, 7) is 6.78. The van der Waals surface area contributed by atoms with E-state index in [1.165, 1.54) is 57.8 Å². The van der Waals surface area contributed by atoms with Gasteiger partial charge in [0.15, 0.2) is 0 Å². The minimum Gasteiger partial charge on any atom is -0.373 e. The molecule has 0 unspecified atom stereocenters. The van der Waals surface area contributed by atoms with Crippen LogP contribution < -0.4 is 0 Å². The van der Waals surface area contributed by atoms with E-state index in [4.69, 9.17) is 4.74 Å². The maximum absolute atomic E-state index is 5.88. The molecule has 3 fully saturated rings. The van der Waals surface area contributed by atoms with Crippen molar-refractivity contribution in [3.8, 4) is 0 Å². The van der Waals surface area contributed by atoms with E-state index in [1.807, 2.05) is 0 Å². The highest BCUT2D eigenvalue weighted by molar-refractivity contribution is 4.86. The molecule has 0 bridgehead atoms. The highest BCUT2D eigenvalue weighted by atomic mass is 16.5. The lowest BCUT2D eigenvalue weighted by atomic mass is 9.72. The van der Waals surface area contributed by atoms with E-state index in [0.717, 1.165) is 31.0 Å². The van der Waals surface area contributed by atoms with Gasteiger partial charge in [0.05, 0.1) is 12.2 Å². The van der Waals surface area contributed by atoms with Crippen LogP contribution >= 0.6 is 0 Å². The van der Waals surface area contributed by atoms with Gasteiger partial charge in [0.25, 0.3) is 0 Å². The normalized spacial score (nSPS) is 41.7. The Balaban J connectivity index is 1.48. The average molecular weight is 279 g/mol. The van der Waals surface area contributed by atoms with Gasteiger partial charge in [0.1, 0.15) is 0 Å². The third-order valence-corrected chi connectivity index (χ3v) is 6.02. The largest absolute Gasteiger partial charge is 0.373 e. The molecule has 0 aromatic rings. The minimum absolute atomic E-state index is 0.426. The zero-order valence-electron chi connectivity index (χ0n) is 13.5. The first-order valence-electron chi connectivity index (χ1n) is 9.12. The Kier molecular flexibility index (Phi) is 5.04. The summed E-state index contributed by atoms with van der Waals surface area (Å²) in [5.74, 6) is 2.13. The highest BCUT2D eigenvalue weighted by Gasteiger charge is 2.33. The van der Waals surface area contributed by atoms with Gasteiger partial charge in [-0.15, -0.1) is 0 Å². The third-order valence-electron chi connectivity index (χ3n) is 6.02. The molecule has 3 rings (SSSR count). The van der Waals surface area contributed by atoms with E-state index in [0.29, 0.717) is 12.2 Å². The molecule has 2 aliphatic carbocycles. The van der Waals surface area contributed by atoms with Crippen molar-refractivity contribution in [2.24, 2.45) is 11.8 Å². The molecule has 0 spiro atoms. The van der Waals surface area contributed by atoms with Crippen LogP contribution in [0.5, 0.6) is 0 Å². The predicted molar refractivity (Wildman–Crippen MR) is 83.9 cm³/mol. The summed E-state index contributed by atoms with van der Waals surface area (Å²) < 4.78 is 5.88. The summed E-state index contributed by atoms with van der Waals surface area (Å²) in [7, 11) is 0. The van der Waals surface area contributed by atoms with Crippen molar-refractivity contribution in [2.45, 2.75) is 89.9 Å². The molecule has 2 atom stereocenters. The second-order valence-electron chi connectivity index (χ2n) is 7.68. The molecule has 0 amide bonds. The molecule has 1 saturated heterocycles. The number of hydrogen-bond acceptors (Lipinski definition) is 2. The molecule has 2 heteroatoms. The summed E-state index contributed by atoms with van der Waals surface area (Å²) in [6.07, 6.45) is 14.3. The van der Waals surface area contributed by atoms with Gasteiger partial charge < -0.3 is 4.74 Å². The highest BCUT2D eigenvalue weighted by Crippen LogP contribution is 2.39. The number of hydrogen-bond donors (Lipinski definition) is 0. The molecule has 20 heavy (non-hydrogen) atoms. The standard InChI is InChI=1S/C18H33NO/c1-14-12-19(13-15(2)20-14)18-10-8-17(9-11-18)16-6-4-3-5-7-16/h14-18H,3-13H2,1-2H3/t14-,15+,17?,18?.